The summed E-state index contributed by atoms with van der Waals surface area (Å²) < 4.78 is 0. The second-order valence-corrected chi connectivity index (χ2v) is 4.83. The zero-order valence-electron chi connectivity index (χ0n) is 10.1. The normalized spacial score (nSPS) is 21.7. The van der Waals surface area contributed by atoms with Crippen LogP contribution in [0.2, 0.25) is 0 Å². The first-order chi connectivity index (χ1) is 6.93. The highest BCUT2D eigenvalue weighted by atomic mass is 16.1. The highest BCUT2D eigenvalue weighted by Gasteiger charge is 2.31. The summed E-state index contributed by atoms with van der Waals surface area (Å²) in [5.74, 6) is 1.34. The maximum absolute atomic E-state index is 11.6. The molecule has 1 unspecified atom stereocenters. The smallest absolute Gasteiger partial charge is 0.159 e. The Hall–Kier alpha value is -0.920. The largest absolute Gasteiger partial charge is 0.300 e. The molecular formula is C13H20O2. The second kappa shape index (κ2) is 4.73. The van der Waals surface area contributed by atoms with E-state index in [1.807, 2.05) is 6.92 Å². The van der Waals surface area contributed by atoms with Crippen molar-refractivity contribution in [3.63, 3.8) is 0 Å². The Morgan fingerprint density at radius 1 is 1.47 bits per heavy atom. The molecule has 0 radical (unpaired) electrons. The number of hydrogen-bond acceptors (Lipinski definition) is 2. The fourth-order valence-electron chi connectivity index (χ4n) is 2.25. The lowest BCUT2D eigenvalue weighted by atomic mass is 9.86. The Balaban J connectivity index is 2.79. The van der Waals surface area contributed by atoms with Gasteiger partial charge < -0.3 is 4.79 Å². The summed E-state index contributed by atoms with van der Waals surface area (Å²) in [5, 5.41) is 0. The molecule has 0 heterocycles. The Morgan fingerprint density at radius 3 is 2.53 bits per heavy atom. The number of carbonyl (C=O) groups is 2. The first-order valence-electron chi connectivity index (χ1n) is 5.65. The summed E-state index contributed by atoms with van der Waals surface area (Å²) in [6.07, 6.45) is 2.00. The Labute approximate surface area is 91.7 Å². The van der Waals surface area contributed by atoms with Crippen LogP contribution in [0.5, 0.6) is 0 Å². The molecule has 0 N–H and O–H groups in total. The quantitative estimate of drug-likeness (QED) is 0.712. The van der Waals surface area contributed by atoms with Gasteiger partial charge in [0.2, 0.25) is 0 Å². The van der Waals surface area contributed by atoms with E-state index in [9.17, 15) is 9.59 Å². The average molecular weight is 208 g/mol. The molecule has 84 valence electrons. The summed E-state index contributed by atoms with van der Waals surface area (Å²) in [6.45, 7) is 7.80. The SMILES string of the molecule is CC(=O)CCC1=C(C)C(=O)CC1C(C)C. The van der Waals surface area contributed by atoms with Crippen molar-refractivity contribution >= 4 is 11.6 Å². The molecule has 0 aliphatic heterocycles. The fourth-order valence-corrected chi connectivity index (χ4v) is 2.25. The monoisotopic (exact) mass is 208 g/mol. The predicted molar refractivity (Wildman–Crippen MR) is 60.6 cm³/mol. The molecule has 0 amide bonds. The van der Waals surface area contributed by atoms with Gasteiger partial charge in [0.25, 0.3) is 0 Å². The van der Waals surface area contributed by atoms with E-state index in [1.54, 1.807) is 6.92 Å². The fraction of sp³-hybridized carbons (Fsp3) is 0.692. The van der Waals surface area contributed by atoms with Crippen LogP contribution in [0.3, 0.4) is 0 Å². The number of carbonyl (C=O) groups excluding carboxylic acids is 2. The first-order valence-corrected chi connectivity index (χ1v) is 5.65. The van der Waals surface area contributed by atoms with Crippen molar-refractivity contribution in [3.05, 3.63) is 11.1 Å². The molecule has 0 spiro atoms. The van der Waals surface area contributed by atoms with Crippen LogP contribution in [-0.2, 0) is 9.59 Å². The molecule has 0 saturated carbocycles. The van der Waals surface area contributed by atoms with E-state index >= 15 is 0 Å². The van der Waals surface area contributed by atoms with E-state index in [4.69, 9.17) is 0 Å². The summed E-state index contributed by atoms with van der Waals surface area (Å²) in [4.78, 5) is 22.6. The van der Waals surface area contributed by atoms with Crippen LogP contribution < -0.4 is 0 Å². The van der Waals surface area contributed by atoms with Crippen molar-refractivity contribution in [2.45, 2.75) is 47.0 Å². The van der Waals surface area contributed by atoms with Crippen LogP contribution in [0.15, 0.2) is 11.1 Å². The summed E-state index contributed by atoms with van der Waals surface area (Å²) >= 11 is 0. The van der Waals surface area contributed by atoms with Crippen molar-refractivity contribution in [1.29, 1.82) is 0 Å². The molecule has 1 aliphatic carbocycles. The standard InChI is InChI=1S/C13H20O2/c1-8(2)12-7-13(15)10(4)11(12)6-5-9(3)14/h8,12H,5-7H2,1-4H3. The molecule has 15 heavy (non-hydrogen) atoms. The highest BCUT2D eigenvalue weighted by Crippen LogP contribution is 2.36. The van der Waals surface area contributed by atoms with Gasteiger partial charge in [-0.1, -0.05) is 19.4 Å². The molecule has 0 bridgehead atoms. The molecule has 2 heteroatoms. The summed E-state index contributed by atoms with van der Waals surface area (Å²) in [6, 6.07) is 0. The van der Waals surface area contributed by atoms with E-state index < -0.39 is 0 Å². The summed E-state index contributed by atoms with van der Waals surface area (Å²) in [5.41, 5.74) is 2.14. The van der Waals surface area contributed by atoms with Crippen LogP contribution in [0.4, 0.5) is 0 Å². The van der Waals surface area contributed by atoms with Gasteiger partial charge in [0.05, 0.1) is 0 Å². The molecule has 0 aromatic rings. The molecule has 0 saturated heterocycles. The van der Waals surface area contributed by atoms with Gasteiger partial charge in [-0.3, -0.25) is 4.79 Å². The van der Waals surface area contributed by atoms with E-state index in [1.165, 1.54) is 5.57 Å². The number of hydrogen-bond donors (Lipinski definition) is 0. The van der Waals surface area contributed by atoms with Crippen molar-refractivity contribution in [3.8, 4) is 0 Å². The predicted octanol–water partition coefficient (Wildman–Crippen LogP) is 2.92. The lowest BCUT2D eigenvalue weighted by Gasteiger charge is -2.18. The van der Waals surface area contributed by atoms with Crippen LogP contribution in [-0.4, -0.2) is 11.6 Å². The third kappa shape index (κ3) is 2.77. The van der Waals surface area contributed by atoms with Gasteiger partial charge in [0.15, 0.2) is 5.78 Å². The van der Waals surface area contributed by atoms with Gasteiger partial charge in [-0.25, -0.2) is 0 Å². The number of rotatable bonds is 4. The minimum atomic E-state index is 0.206. The van der Waals surface area contributed by atoms with Crippen molar-refractivity contribution in [1.82, 2.24) is 0 Å². The van der Waals surface area contributed by atoms with E-state index in [0.717, 1.165) is 12.0 Å². The van der Waals surface area contributed by atoms with Gasteiger partial charge in [0, 0.05) is 12.8 Å². The van der Waals surface area contributed by atoms with E-state index in [-0.39, 0.29) is 11.6 Å². The number of ketones is 2. The molecule has 1 atom stereocenters. The Kier molecular flexibility index (Phi) is 3.83. The molecule has 0 aromatic carbocycles. The molecule has 1 rings (SSSR count). The van der Waals surface area contributed by atoms with Crippen LogP contribution in [0.1, 0.15) is 47.0 Å². The molecule has 0 fully saturated rings. The van der Waals surface area contributed by atoms with Crippen LogP contribution >= 0.6 is 0 Å². The lowest BCUT2D eigenvalue weighted by Crippen LogP contribution is -2.09. The lowest BCUT2D eigenvalue weighted by molar-refractivity contribution is -0.117. The Morgan fingerprint density at radius 2 is 2.07 bits per heavy atom. The molecule has 0 aromatic heterocycles. The first kappa shape index (κ1) is 12.2. The average Bonchev–Trinajstić information content (AvgIpc) is 2.41. The molecule has 1 aliphatic rings. The topological polar surface area (TPSA) is 34.1 Å². The number of allylic oxidation sites excluding steroid dienone is 2. The van der Waals surface area contributed by atoms with Gasteiger partial charge in [-0.05, 0) is 37.7 Å². The zero-order valence-corrected chi connectivity index (χ0v) is 10.1. The third-order valence-electron chi connectivity index (χ3n) is 3.30. The Bertz CT molecular complexity index is 310. The minimum absolute atomic E-state index is 0.206. The van der Waals surface area contributed by atoms with E-state index in [0.29, 0.717) is 24.7 Å². The van der Waals surface area contributed by atoms with Crippen molar-refractivity contribution in [2.24, 2.45) is 11.8 Å². The molecular weight excluding hydrogens is 188 g/mol. The second-order valence-electron chi connectivity index (χ2n) is 4.83. The number of Topliss-reactive ketones (excluding diaryl/α,β-unsaturated/α-hetero) is 2. The van der Waals surface area contributed by atoms with Gasteiger partial charge >= 0.3 is 0 Å². The van der Waals surface area contributed by atoms with Crippen molar-refractivity contribution < 1.29 is 9.59 Å². The minimum Gasteiger partial charge on any atom is -0.300 e. The van der Waals surface area contributed by atoms with Crippen LogP contribution in [0.25, 0.3) is 0 Å². The van der Waals surface area contributed by atoms with Gasteiger partial charge in [-0.15, -0.1) is 0 Å². The maximum atomic E-state index is 11.6. The highest BCUT2D eigenvalue weighted by molar-refractivity contribution is 5.98. The van der Waals surface area contributed by atoms with Crippen LogP contribution in [0, 0.1) is 11.8 Å². The third-order valence-corrected chi connectivity index (χ3v) is 3.30. The van der Waals surface area contributed by atoms with Crippen molar-refractivity contribution in [2.75, 3.05) is 0 Å². The van der Waals surface area contributed by atoms with E-state index in [2.05, 4.69) is 13.8 Å². The zero-order chi connectivity index (χ0) is 11.6. The van der Waals surface area contributed by atoms with Gasteiger partial charge in [-0.2, -0.15) is 0 Å². The maximum Gasteiger partial charge on any atom is 0.159 e. The summed E-state index contributed by atoms with van der Waals surface area (Å²) in [7, 11) is 0. The van der Waals surface area contributed by atoms with Gasteiger partial charge in [0.1, 0.15) is 5.78 Å². The molecule has 2 nitrogen and oxygen atoms in total.